The van der Waals surface area contributed by atoms with E-state index in [9.17, 15) is 9.90 Å². The first-order valence-corrected chi connectivity index (χ1v) is 7.99. The Bertz CT molecular complexity index is 1030. The molecule has 7 nitrogen and oxygen atoms in total. The van der Waals surface area contributed by atoms with Crippen LogP contribution >= 0.6 is 15.9 Å². The second-order valence-corrected chi connectivity index (χ2v) is 6.00. The van der Waals surface area contributed by atoms with Crippen LogP contribution in [0.2, 0.25) is 0 Å². The number of nitrogens with zero attached hydrogens (tertiary/aromatic N) is 4. The van der Waals surface area contributed by atoms with E-state index < -0.39 is 0 Å². The highest BCUT2D eigenvalue weighted by molar-refractivity contribution is 9.10. The third-order valence-electron chi connectivity index (χ3n) is 3.54. The van der Waals surface area contributed by atoms with E-state index in [1.165, 1.54) is 23.9 Å². The van der Waals surface area contributed by atoms with Crippen LogP contribution in [0.25, 0.3) is 5.69 Å². The second-order valence-electron chi connectivity index (χ2n) is 5.15. The van der Waals surface area contributed by atoms with Gasteiger partial charge in [0.1, 0.15) is 18.1 Å². The summed E-state index contributed by atoms with van der Waals surface area (Å²) in [5, 5.41) is 17.0. The summed E-state index contributed by atoms with van der Waals surface area (Å²) in [5.74, 6) is 3.24. The van der Waals surface area contributed by atoms with E-state index >= 15 is 0 Å². The first-order chi connectivity index (χ1) is 12.0. The Morgan fingerprint density at radius 3 is 2.76 bits per heavy atom. The van der Waals surface area contributed by atoms with E-state index in [2.05, 4.69) is 32.3 Å². The minimum Gasteiger partial charge on any atom is -0.508 e. The third kappa shape index (κ3) is 3.27. The van der Waals surface area contributed by atoms with Gasteiger partial charge in [-0.05, 0) is 56.7 Å². The van der Waals surface area contributed by atoms with Gasteiger partial charge in [-0.3, -0.25) is 0 Å². The molecule has 1 aromatic heterocycles. The predicted octanol–water partition coefficient (Wildman–Crippen LogP) is 1.99. The van der Waals surface area contributed by atoms with Crippen LogP contribution in [0.3, 0.4) is 0 Å². The maximum atomic E-state index is 12.2. The SMILES string of the molecule is C#Cc1cccc(-n2nnn(C)c2=O)c1COc1ccc(O)cc1Br. The predicted molar refractivity (Wildman–Crippen MR) is 94.7 cm³/mol. The molecule has 0 atom stereocenters. The van der Waals surface area contributed by atoms with Crippen LogP contribution in [0.15, 0.2) is 45.7 Å². The summed E-state index contributed by atoms with van der Waals surface area (Å²) in [6.45, 7) is 0.113. The number of aromatic hydroxyl groups is 1. The molecule has 0 aliphatic carbocycles. The Morgan fingerprint density at radius 2 is 2.12 bits per heavy atom. The van der Waals surface area contributed by atoms with Crippen LogP contribution in [-0.4, -0.2) is 24.9 Å². The van der Waals surface area contributed by atoms with Gasteiger partial charge < -0.3 is 9.84 Å². The van der Waals surface area contributed by atoms with E-state index in [0.29, 0.717) is 27.0 Å². The molecular weight excluding hydrogens is 388 g/mol. The summed E-state index contributed by atoms with van der Waals surface area (Å²) in [6, 6.07) is 9.90. The molecule has 0 fully saturated rings. The van der Waals surface area contributed by atoms with Crippen LogP contribution in [-0.2, 0) is 13.7 Å². The lowest BCUT2D eigenvalue weighted by molar-refractivity contribution is 0.302. The van der Waals surface area contributed by atoms with Crippen molar-refractivity contribution in [3.63, 3.8) is 0 Å². The zero-order valence-electron chi connectivity index (χ0n) is 13.2. The Labute approximate surface area is 151 Å². The number of aryl methyl sites for hydroxylation is 1. The molecule has 25 heavy (non-hydrogen) atoms. The first kappa shape index (κ1) is 16.8. The quantitative estimate of drug-likeness (QED) is 0.677. The van der Waals surface area contributed by atoms with Gasteiger partial charge in [-0.2, -0.15) is 9.36 Å². The Morgan fingerprint density at radius 1 is 1.32 bits per heavy atom. The number of phenols is 1. The van der Waals surface area contributed by atoms with Crippen LogP contribution in [0.4, 0.5) is 0 Å². The van der Waals surface area contributed by atoms with E-state index in [0.717, 1.165) is 4.68 Å². The molecule has 0 bridgehead atoms. The van der Waals surface area contributed by atoms with Gasteiger partial charge in [-0.1, -0.05) is 12.0 Å². The molecule has 0 unspecified atom stereocenters. The molecule has 2 aromatic carbocycles. The summed E-state index contributed by atoms with van der Waals surface area (Å²) in [6.07, 6.45) is 5.58. The van der Waals surface area contributed by atoms with Crippen molar-refractivity contribution in [3.8, 4) is 29.5 Å². The molecule has 3 aromatic rings. The molecule has 1 heterocycles. The van der Waals surface area contributed by atoms with Crippen LogP contribution in [0, 0.1) is 12.3 Å². The van der Waals surface area contributed by atoms with Crippen molar-refractivity contribution in [2.45, 2.75) is 6.61 Å². The van der Waals surface area contributed by atoms with Crippen molar-refractivity contribution in [1.29, 1.82) is 0 Å². The molecule has 0 saturated heterocycles. The summed E-state index contributed by atoms with van der Waals surface area (Å²) in [7, 11) is 1.51. The van der Waals surface area contributed by atoms with Gasteiger partial charge in [0, 0.05) is 18.2 Å². The van der Waals surface area contributed by atoms with E-state index in [1.807, 2.05) is 0 Å². The second kappa shape index (κ2) is 6.83. The zero-order valence-corrected chi connectivity index (χ0v) is 14.8. The zero-order chi connectivity index (χ0) is 18.0. The number of aromatic nitrogens is 4. The Kier molecular flexibility index (Phi) is 4.59. The summed E-state index contributed by atoms with van der Waals surface area (Å²) < 4.78 is 8.71. The van der Waals surface area contributed by atoms with Gasteiger partial charge in [-0.25, -0.2) is 4.79 Å². The summed E-state index contributed by atoms with van der Waals surface area (Å²) in [4.78, 5) is 12.2. The maximum absolute atomic E-state index is 12.2. The fraction of sp³-hybridized carbons (Fsp3) is 0.118. The van der Waals surface area contributed by atoms with Crippen molar-refractivity contribution in [2.24, 2.45) is 7.05 Å². The maximum Gasteiger partial charge on any atom is 0.368 e. The molecule has 1 N–H and O–H groups in total. The molecule has 0 radical (unpaired) electrons. The summed E-state index contributed by atoms with van der Waals surface area (Å²) in [5.41, 5.74) is 1.34. The average Bonchev–Trinajstić information content (AvgIpc) is 2.93. The van der Waals surface area contributed by atoms with E-state index in [4.69, 9.17) is 11.2 Å². The monoisotopic (exact) mass is 400 g/mol. The highest BCUT2D eigenvalue weighted by atomic mass is 79.9. The van der Waals surface area contributed by atoms with E-state index in [-0.39, 0.29) is 18.0 Å². The highest BCUT2D eigenvalue weighted by Crippen LogP contribution is 2.30. The van der Waals surface area contributed by atoms with Crippen molar-refractivity contribution in [3.05, 3.63) is 62.5 Å². The fourth-order valence-electron chi connectivity index (χ4n) is 2.28. The summed E-state index contributed by atoms with van der Waals surface area (Å²) >= 11 is 3.33. The largest absolute Gasteiger partial charge is 0.508 e. The molecule has 126 valence electrons. The molecule has 8 heteroatoms. The van der Waals surface area contributed by atoms with Gasteiger partial charge in [0.15, 0.2) is 0 Å². The molecule has 3 rings (SSSR count). The number of terminal acetylenes is 1. The van der Waals surface area contributed by atoms with Crippen molar-refractivity contribution >= 4 is 15.9 Å². The number of rotatable bonds is 4. The normalized spacial score (nSPS) is 10.4. The lowest BCUT2D eigenvalue weighted by atomic mass is 10.1. The van der Waals surface area contributed by atoms with E-state index in [1.54, 1.807) is 24.3 Å². The topological polar surface area (TPSA) is 82.2 Å². The first-order valence-electron chi connectivity index (χ1n) is 7.20. The Balaban J connectivity index is 2.01. The van der Waals surface area contributed by atoms with Crippen LogP contribution in [0.5, 0.6) is 11.5 Å². The standard InChI is InChI=1S/C17H13BrN4O3/c1-3-11-5-4-6-15(22-17(24)21(2)19-20-22)13(11)10-25-16-8-7-12(23)9-14(16)18/h1,4-9,23H,10H2,2H3. The fourth-order valence-corrected chi connectivity index (χ4v) is 2.76. The number of ether oxygens (including phenoxy) is 1. The number of halogens is 1. The Hall–Kier alpha value is -3.05. The molecule has 0 aliphatic heterocycles. The number of hydrogen-bond donors (Lipinski definition) is 1. The van der Waals surface area contributed by atoms with Gasteiger partial charge in [-0.15, -0.1) is 6.42 Å². The number of tetrazole rings is 1. The van der Waals surface area contributed by atoms with Crippen LogP contribution in [0.1, 0.15) is 11.1 Å². The minimum atomic E-state index is -0.388. The molecule has 0 spiro atoms. The van der Waals surface area contributed by atoms with Gasteiger partial charge >= 0.3 is 5.69 Å². The average molecular weight is 401 g/mol. The lowest BCUT2D eigenvalue weighted by Gasteiger charge is -2.13. The highest BCUT2D eigenvalue weighted by Gasteiger charge is 2.15. The number of hydrogen-bond acceptors (Lipinski definition) is 5. The smallest absolute Gasteiger partial charge is 0.368 e. The third-order valence-corrected chi connectivity index (χ3v) is 4.16. The van der Waals surface area contributed by atoms with Crippen LogP contribution < -0.4 is 10.4 Å². The van der Waals surface area contributed by atoms with Gasteiger partial charge in [0.05, 0.1) is 10.2 Å². The van der Waals surface area contributed by atoms with Gasteiger partial charge in [0.25, 0.3) is 0 Å². The van der Waals surface area contributed by atoms with Crippen molar-refractivity contribution in [2.75, 3.05) is 0 Å². The molecule has 0 aliphatic rings. The number of benzene rings is 2. The van der Waals surface area contributed by atoms with Crippen molar-refractivity contribution < 1.29 is 9.84 Å². The van der Waals surface area contributed by atoms with Gasteiger partial charge in [0.2, 0.25) is 0 Å². The minimum absolute atomic E-state index is 0.113. The molecule has 0 amide bonds. The molecular formula is C17H13BrN4O3. The lowest BCUT2D eigenvalue weighted by Crippen LogP contribution is -2.23. The number of phenolic OH excluding ortho intramolecular Hbond substituents is 1. The van der Waals surface area contributed by atoms with Crippen molar-refractivity contribution in [1.82, 2.24) is 19.8 Å². The molecule has 0 saturated carbocycles.